The van der Waals surface area contributed by atoms with Gasteiger partial charge in [-0.05, 0) is 87.1 Å². The van der Waals surface area contributed by atoms with E-state index < -0.39 is 20.1 Å². The van der Waals surface area contributed by atoms with Gasteiger partial charge in [0.2, 0.25) is 0 Å². The molecule has 0 saturated carbocycles. The molecule has 4 atom stereocenters. The molecular formula is C32H46F3N3O3Si. The van der Waals surface area contributed by atoms with Crippen molar-refractivity contribution in [1.82, 2.24) is 14.8 Å². The van der Waals surface area contributed by atoms with E-state index in [-0.39, 0.29) is 40.9 Å². The summed E-state index contributed by atoms with van der Waals surface area (Å²) in [5.74, 6) is 0.591. The van der Waals surface area contributed by atoms with Crippen LogP contribution in [-0.4, -0.2) is 66.9 Å². The minimum Gasteiger partial charge on any atom is -0.493 e. The number of hydrogen-bond acceptors (Lipinski definition) is 5. The van der Waals surface area contributed by atoms with Crippen molar-refractivity contribution in [2.45, 2.75) is 110 Å². The largest absolute Gasteiger partial charge is 0.493 e. The summed E-state index contributed by atoms with van der Waals surface area (Å²) in [4.78, 5) is 21.1. The lowest BCUT2D eigenvalue weighted by Gasteiger charge is -2.38. The van der Waals surface area contributed by atoms with E-state index in [1.165, 1.54) is 17.2 Å². The van der Waals surface area contributed by atoms with Gasteiger partial charge in [-0.2, -0.15) is 13.2 Å². The number of piperazine rings is 1. The standard InChI is InChI=1S/C32H46F3N3O3Si/c1-20(41-42(8,9)31(5,6)7)14-15-40-29-13-11-27(21(2)22(29)3)23(4)37-18-26-16-25(37)19-38(26)30(39)28-12-10-24(17-36-28)32(33,34)35/h10-13,17,20,23,25-26H,14-16,18-19H2,1-9H3/t20-,23-,25-,26-/m0/s1. The van der Waals surface area contributed by atoms with E-state index >= 15 is 0 Å². The molecule has 10 heteroatoms. The van der Waals surface area contributed by atoms with Crippen molar-refractivity contribution in [2.24, 2.45) is 0 Å². The fraction of sp³-hybridized carbons (Fsp3) is 0.625. The van der Waals surface area contributed by atoms with E-state index in [9.17, 15) is 18.0 Å². The third kappa shape index (κ3) is 6.70. The molecule has 0 spiro atoms. The molecule has 232 valence electrons. The summed E-state index contributed by atoms with van der Waals surface area (Å²) in [7, 11) is -1.81. The first-order valence-corrected chi connectivity index (χ1v) is 17.8. The summed E-state index contributed by atoms with van der Waals surface area (Å²) in [6, 6.07) is 6.69. The minimum absolute atomic E-state index is 0.0218. The number of fused-ring (bicyclic) bond motifs is 2. The van der Waals surface area contributed by atoms with Gasteiger partial charge in [0, 0.05) is 49.9 Å². The number of carbonyl (C=O) groups excluding carboxylic acids is 1. The summed E-state index contributed by atoms with van der Waals surface area (Å²) in [6.07, 6.45) is -1.92. The maximum Gasteiger partial charge on any atom is 0.417 e. The molecular weight excluding hydrogens is 559 g/mol. The Hall–Kier alpha value is -2.43. The number of benzene rings is 1. The highest BCUT2D eigenvalue weighted by Crippen LogP contribution is 2.40. The quantitative estimate of drug-likeness (QED) is 0.276. The summed E-state index contributed by atoms with van der Waals surface area (Å²) in [5.41, 5.74) is 2.78. The van der Waals surface area contributed by atoms with Crippen molar-refractivity contribution in [3.8, 4) is 5.75 Å². The van der Waals surface area contributed by atoms with Crippen LogP contribution in [0.4, 0.5) is 13.2 Å². The third-order valence-corrected chi connectivity index (χ3v) is 14.3. The van der Waals surface area contributed by atoms with Crippen molar-refractivity contribution in [2.75, 3.05) is 19.7 Å². The number of pyridine rings is 1. The van der Waals surface area contributed by atoms with Crippen LogP contribution in [0.5, 0.6) is 5.75 Å². The average Bonchev–Trinajstić information content (AvgIpc) is 3.50. The van der Waals surface area contributed by atoms with Crippen LogP contribution in [0.25, 0.3) is 0 Å². The number of halogens is 3. The van der Waals surface area contributed by atoms with Crippen molar-refractivity contribution >= 4 is 14.2 Å². The average molecular weight is 606 g/mol. The molecule has 1 aromatic carbocycles. The van der Waals surface area contributed by atoms with Crippen LogP contribution in [-0.2, 0) is 10.6 Å². The van der Waals surface area contributed by atoms with Crippen LogP contribution in [0.3, 0.4) is 0 Å². The topological polar surface area (TPSA) is 54.9 Å². The fourth-order valence-electron chi connectivity index (χ4n) is 5.93. The second kappa shape index (κ2) is 11.9. The highest BCUT2D eigenvalue weighted by Gasteiger charge is 2.47. The van der Waals surface area contributed by atoms with Crippen LogP contribution >= 0.6 is 0 Å². The van der Waals surface area contributed by atoms with E-state index in [1.54, 1.807) is 4.90 Å². The third-order valence-electron chi connectivity index (χ3n) is 9.66. The molecule has 1 aromatic heterocycles. The van der Waals surface area contributed by atoms with Gasteiger partial charge in [-0.3, -0.25) is 14.7 Å². The Morgan fingerprint density at radius 3 is 2.29 bits per heavy atom. The van der Waals surface area contributed by atoms with Crippen molar-refractivity contribution in [3.63, 3.8) is 0 Å². The van der Waals surface area contributed by atoms with Gasteiger partial charge in [-0.1, -0.05) is 26.8 Å². The summed E-state index contributed by atoms with van der Waals surface area (Å²) in [5, 5.41) is 0.175. The lowest BCUT2D eigenvalue weighted by atomic mass is 9.96. The molecule has 2 bridgehead atoms. The Bertz CT molecular complexity index is 1280. The SMILES string of the molecule is Cc1c(OCC[C@H](C)O[Si](C)(C)C(C)(C)C)ccc([C@H](C)N2C[C@@H]3C[C@H]2CN3C(=O)c2ccc(C(F)(F)F)cn2)c1C. The number of aromatic nitrogens is 1. The highest BCUT2D eigenvalue weighted by molar-refractivity contribution is 6.74. The molecule has 3 heterocycles. The van der Waals surface area contributed by atoms with E-state index in [2.05, 4.69) is 83.6 Å². The molecule has 0 unspecified atom stereocenters. The normalized spacial score (nSPS) is 21.1. The summed E-state index contributed by atoms with van der Waals surface area (Å²) >= 11 is 0. The number of likely N-dealkylation sites (tertiary alicyclic amines) is 2. The van der Waals surface area contributed by atoms with Crippen molar-refractivity contribution < 1.29 is 27.1 Å². The summed E-state index contributed by atoms with van der Waals surface area (Å²) in [6.45, 7) is 21.7. The zero-order chi connectivity index (χ0) is 31.2. The van der Waals surface area contributed by atoms with Crippen molar-refractivity contribution in [1.29, 1.82) is 0 Å². The van der Waals surface area contributed by atoms with E-state index in [0.29, 0.717) is 13.2 Å². The lowest BCUT2D eigenvalue weighted by molar-refractivity contribution is -0.137. The number of nitrogens with zero attached hydrogens (tertiary/aromatic N) is 3. The maximum absolute atomic E-state index is 13.1. The molecule has 2 fully saturated rings. The van der Waals surface area contributed by atoms with Crippen LogP contribution in [0, 0.1) is 13.8 Å². The van der Waals surface area contributed by atoms with Crippen LogP contribution in [0.2, 0.25) is 18.1 Å². The second-order valence-electron chi connectivity index (χ2n) is 13.5. The molecule has 0 aliphatic carbocycles. The molecule has 0 N–H and O–H groups in total. The number of amides is 1. The zero-order valence-corrected chi connectivity index (χ0v) is 27.4. The number of rotatable bonds is 9. The molecule has 1 amide bonds. The van der Waals surface area contributed by atoms with Gasteiger partial charge in [0.1, 0.15) is 11.4 Å². The van der Waals surface area contributed by atoms with Crippen LogP contribution in [0.1, 0.15) is 86.2 Å². The first-order valence-electron chi connectivity index (χ1n) is 14.9. The highest BCUT2D eigenvalue weighted by atomic mass is 28.4. The van der Waals surface area contributed by atoms with Gasteiger partial charge in [0.25, 0.3) is 5.91 Å². The lowest BCUT2D eigenvalue weighted by Crippen LogP contribution is -2.49. The first-order chi connectivity index (χ1) is 19.4. The van der Waals surface area contributed by atoms with E-state index in [4.69, 9.17) is 9.16 Å². The number of alkyl halides is 3. The first kappa shape index (κ1) is 32.5. The molecule has 2 aliphatic heterocycles. The summed E-state index contributed by atoms with van der Waals surface area (Å²) < 4.78 is 51.4. The Balaban J connectivity index is 1.34. The Morgan fingerprint density at radius 2 is 1.74 bits per heavy atom. The maximum atomic E-state index is 13.1. The van der Waals surface area contributed by atoms with Gasteiger partial charge in [0.15, 0.2) is 8.32 Å². The fourth-order valence-corrected chi connectivity index (χ4v) is 7.41. The zero-order valence-electron chi connectivity index (χ0n) is 26.4. The van der Waals surface area contributed by atoms with Gasteiger partial charge in [0.05, 0.1) is 12.2 Å². The number of carbonyl (C=O) groups is 1. The molecule has 2 saturated heterocycles. The minimum atomic E-state index is -4.48. The molecule has 6 nitrogen and oxygen atoms in total. The second-order valence-corrected chi connectivity index (χ2v) is 18.3. The van der Waals surface area contributed by atoms with E-state index in [1.807, 2.05) is 0 Å². The Morgan fingerprint density at radius 1 is 1.05 bits per heavy atom. The van der Waals surface area contributed by atoms with Gasteiger partial charge in [-0.25, -0.2) is 0 Å². The molecule has 2 aliphatic rings. The van der Waals surface area contributed by atoms with Crippen LogP contribution in [0.15, 0.2) is 30.5 Å². The molecule has 0 radical (unpaired) electrons. The Labute approximate surface area is 249 Å². The Kier molecular flexibility index (Phi) is 9.22. The van der Waals surface area contributed by atoms with Gasteiger partial charge in [-0.15, -0.1) is 0 Å². The smallest absolute Gasteiger partial charge is 0.417 e. The van der Waals surface area contributed by atoms with E-state index in [0.717, 1.165) is 43.0 Å². The molecule has 42 heavy (non-hydrogen) atoms. The van der Waals surface area contributed by atoms with Crippen LogP contribution < -0.4 is 4.74 Å². The number of ether oxygens (including phenoxy) is 1. The van der Waals surface area contributed by atoms with Gasteiger partial charge >= 0.3 is 6.18 Å². The monoisotopic (exact) mass is 605 g/mol. The predicted octanol–water partition coefficient (Wildman–Crippen LogP) is 7.56. The van der Waals surface area contributed by atoms with Crippen molar-refractivity contribution in [3.05, 3.63) is 58.4 Å². The molecule has 2 aromatic rings. The van der Waals surface area contributed by atoms with Gasteiger partial charge < -0.3 is 14.1 Å². The number of hydrogen-bond donors (Lipinski definition) is 0. The molecule has 4 rings (SSSR count). The predicted molar refractivity (Wildman–Crippen MR) is 161 cm³/mol.